The monoisotopic (exact) mass is 571 g/mol. The van der Waals surface area contributed by atoms with E-state index in [9.17, 15) is 9.59 Å². The third-order valence-electron chi connectivity index (χ3n) is 4.79. The number of benzene rings is 3. The number of hydrogen-bond acceptors (Lipinski definition) is 4. The zero-order valence-electron chi connectivity index (χ0n) is 17.2. The number of hydrogen-bond donors (Lipinski definition) is 0. The van der Waals surface area contributed by atoms with Crippen LogP contribution in [-0.4, -0.2) is 16.0 Å². The summed E-state index contributed by atoms with van der Waals surface area (Å²) in [4.78, 5) is 26.7. The molecule has 0 aromatic heterocycles. The van der Waals surface area contributed by atoms with Crippen LogP contribution in [0.5, 0.6) is 5.75 Å². The van der Waals surface area contributed by atoms with Gasteiger partial charge in [0.1, 0.15) is 6.61 Å². The maximum absolute atomic E-state index is 12.8. The molecule has 1 heterocycles. The Hall–Kier alpha value is -1.86. The second kappa shape index (κ2) is 10.8. The van der Waals surface area contributed by atoms with Crippen LogP contribution >= 0.6 is 69.8 Å². The Bertz CT molecular complexity index is 1300. The van der Waals surface area contributed by atoms with Crippen LogP contribution in [0.15, 0.2) is 59.5 Å². The summed E-state index contributed by atoms with van der Waals surface area (Å²) < 4.78 is 5.77. The number of carbonyl (C=O) groups excluding carboxylic acids is 2. The average molecular weight is 574 g/mol. The van der Waals surface area contributed by atoms with Gasteiger partial charge in [0, 0.05) is 5.02 Å². The van der Waals surface area contributed by atoms with Crippen LogP contribution in [-0.2, 0) is 17.9 Å². The predicted molar refractivity (Wildman–Crippen MR) is 140 cm³/mol. The predicted octanol–water partition coefficient (Wildman–Crippen LogP) is 8.77. The Morgan fingerprint density at radius 2 is 1.56 bits per heavy atom. The van der Waals surface area contributed by atoms with Crippen LogP contribution in [0.1, 0.15) is 16.7 Å². The zero-order chi connectivity index (χ0) is 24.4. The van der Waals surface area contributed by atoms with E-state index in [-0.39, 0.29) is 33.3 Å². The molecule has 0 N–H and O–H groups in total. The number of ether oxygens (including phenoxy) is 1. The van der Waals surface area contributed by atoms with Gasteiger partial charge in [0.05, 0.1) is 31.5 Å². The Balaban J connectivity index is 1.50. The fraction of sp³-hybridized carbons (Fsp3) is 0.0833. The normalized spacial score (nSPS) is 14.9. The van der Waals surface area contributed by atoms with Gasteiger partial charge in [0.15, 0.2) is 5.75 Å². The molecule has 2 amide bonds. The Labute approximate surface area is 225 Å². The van der Waals surface area contributed by atoms with Gasteiger partial charge >= 0.3 is 0 Å². The number of carbonyl (C=O) groups is 2. The lowest BCUT2D eigenvalue weighted by atomic mass is 10.2. The van der Waals surface area contributed by atoms with Crippen molar-refractivity contribution in [3.63, 3.8) is 0 Å². The first-order valence-electron chi connectivity index (χ1n) is 9.77. The molecule has 0 atom stereocenters. The topological polar surface area (TPSA) is 46.6 Å². The van der Waals surface area contributed by atoms with Crippen molar-refractivity contribution in [2.24, 2.45) is 0 Å². The second-order valence-corrected chi connectivity index (χ2v) is 10.3. The molecule has 0 bridgehead atoms. The Morgan fingerprint density at radius 1 is 0.824 bits per heavy atom. The number of imide groups is 1. The van der Waals surface area contributed by atoms with E-state index in [1.807, 2.05) is 0 Å². The van der Waals surface area contributed by atoms with Crippen LogP contribution in [0.4, 0.5) is 4.79 Å². The number of thioether (sulfide) groups is 1. The van der Waals surface area contributed by atoms with Gasteiger partial charge in [-0.05, 0) is 70.9 Å². The van der Waals surface area contributed by atoms with E-state index in [0.717, 1.165) is 22.9 Å². The lowest BCUT2D eigenvalue weighted by Crippen LogP contribution is -2.27. The van der Waals surface area contributed by atoms with Crippen molar-refractivity contribution >= 4 is 87.0 Å². The van der Waals surface area contributed by atoms with Crippen molar-refractivity contribution in [1.82, 2.24) is 4.90 Å². The summed E-state index contributed by atoms with van der Waals surface area (Å²) in [5, 5.41) is 1.55. The van der Waals surface area contributed by atoms with Crippen molar-refractivity contribution < 1.29 is 14.3 Å². The summed E-state index contributed by atoms with van der Waals surface area (Å²) >= 11 is 31.6. The number of rotatable bonds is 6. The zero-order valence-corrected chi connectivity index (χ0v) is 21.8. The van der Waals surface area contributed by atoms with Crippen molar-refractivity contribution in [3.05, 3.63) is 101 Å². The fourth-order valence-electron chi connectivity index (χ4n) is 3.19. The number of halogens is 5. The molecule has 1 aliphatic heterocycles. The molecule has 34 heavy (non-hydrogen) atoms. The van der Waals surface area contributed by atoms with Gasteiger partial charge in [-0.2, -0.15) is 0 Å². The molecular formula is C24H14Cl5NO3S. The summed E-state index contributed by atoms with van der Waals surface area (Å²) in [7, 11) is 0. The van der Waals surface area contributed by atoms with Gasteiger partial charge in [0.2, 0.25) is 0 Å². The Kier molecular flexibility index (Phi) is 8.03. The number of amides is 2. The first kappa shape index (κ1) is 25.2. The first-order valence-corrected chi connectivity index (χ1v) is 12.5. The second-order valence-electron chi connectivity index (χ2n) is 7.25. The van der Waals surface area contributed by atoms with E-state index in [4.69, 9.17) is 62.7 Å². The highest BCUT2D eigenvalue weighted by Gasteiger charge is 2.35. The van der Waals surface area contributed by atoms with Gasteiger partial charge in [0.25, 0.3) is 11.1 Å². The van der Waals surface area contributed by atoms with Crippen molar-refractivity contribution in [1.29, 1.82) is 0 Å². The molecule has 0 unspecified atom stereocenters. The third kappa shape index (κ3) is 5.85. The largest absolute Gasteiger partial charge is 0.486 e. The number of nitrogens with zero attached hydrogens (tertiary/aromatic N) is 1. The highest BCUT2D eigenvalue weighted by atomic mass is 35.5. The molecular weight excluding hydrogens is 560 g/mol. The average Bonchev–Trinajstić information content (AvgIpc) is 3.03. The van der Waals surface area contributed by atoms with Crippen LogP contribution in [0, 0.1) is 0 Å². The molecule has 1 saturated heterocycles. The molecule has 0 aliphatic carbocycles. The summed E-state index contributed by atoms with van der Waals surface area (Å²) in [5.41, 5.74) is 2.11. The summed E-state index contributed by atoms with van der Waals surface area (Å²) in [6.07, 6.45) is 1.57. The highest BCUT2D eigenvalue weighted by Crippen LogP contribution is 2.38. The molecule has 4 rings (SSSR count). The van der Waals surface area contributed by atoms with Crippen LogP contribution in [0.3, 0.4) is 0 Å². The molecule has 0 spiro atoms. The molecule has 0 saturated carbocycles. The summed E-state index contributed by atoms with van der Waals surface area (Å²) in [6.45, 7) is 0.309. The van der Waals surface area contributed by atoms with Gasteiger partial charge in [-0.1, -0.05) is 76.2 Å². The molecule has 174 valence electrons. The van der Waals surface area contributed by atoms with Gasteiger partial charge in [-0.15, -0.1) is 0 Å². The smallest absolute Gasteiger partial charge is 0.293 e. The van der Waals surface area contributed by atoms with Crippen LogP contribution in [0.25, 0.3) is 6.08 Å². The summed E-state index contributed by atoms with van der Waals surface area (Å²) in [6, 6.07) is 15.4. The van der Waals surface area contributed by atoms with Crippen molar-refractivity contribution in [2.45, 2.75) is 13.2 Å². The van der Waals surface area contributed by atoms with E-state index in [2.05, 4.69) is 0 Å². The first-order chi connectivity index (χ1) is 16.2. The maximum atomic E-state index is 12.8. The quantitative estimate of drug-likeness (QED) is 0.277. The van der Waals surface area contributed by atoms with Gasteiger partial charge < -0.3 is 4.74 Å². The maximum Gasteiger partial charge on any atom is 0.293 e. The molecule has 1 aliphatic rings. The van der Waals surface area contributed by atoms with Crippen LogP contribution < -0.4 is 4.74 Å². The van der Waals surface area contributed by atoms with Gasteiger partial charge in [-0.25, -0.2) is 0 Å². The van der Waals surface area contributed by atoms with E-state index in [0.29, 0.717) is 26.4 Å². The Morgan fingerprint density at radius 3 is 2.24 bits per heavy atom. The molecule has 10 heteroatoms. The standard InChI is InChI=1S/C24H14Cl5NO3S/c25-16-3-1-2-13(6-16)11-30-23(31)21(34-24(30)32)10-15-8-19(28)22(20(29)9-15)33-12-14-4-5-17(26)18(27)7-14/h1-10H,11-12H2/b21-10-. The molecule has 0 radical (unpaired) electrons. The third-order valence-corrected chi connectivity index (χ3v) is 7.23. The van der Waals surface area contributed by atoms with Crippen molar-refractivity contribution in [3.8, 4) is 5.75 Å². The molecule has 3 aromatic carbocycles. The fourth-order valence-corrected chi connectivity index (χ4v) is 5.18. The summed E-state index contributed by atoms with van der Waals surface area (Å²) in [5.74, 6) is -0.109. The minimum atomic E-state index is -0.401. The minimum absolute atomic E-state index is 0.131. The minimum Gasteiger partial charge on any atom is -0.486 e. The van der Waals surface area contributed by atoms with Crippen molar-refractivity contribution in [2.75, 3.05) is 0 Å². The van der Waals surface area contributed by atoms with E-state index in [1.165, 1.54) is 4.90 Å². The van der Waals surface area contributed by atoms with E-state index in [1.54, 1.807) is 60.7 Å². The lowest BCUT2D eigenvalue weighted by Gasteiger charge is -2.13. The molecule has 3 aromatic rings. The lowest BCUT2D eigenvalue weighted by molar-refractivity contribution is -0.123. The SMILES string of the molecule is O=C1S/C(=C\c2cc(Cl)c(OCc3ccc(Cl)c(Cl)c3)c(Cl)c2)C(=O)N1Cc1cccc(Cl)c1. The molecule has 1 fully saturated rings. The highest BCUT2D eigenvalue weighted by molar-refractivity contribution is 8.18. The van der Waals surface area contributed by atoms with Crippen LogP contribution in [0.2, 0.25) is 25.1 Å². The van der Waals surface area contributed by atoms with Gasteiger partial charge in [-0.3, -0.25) is 14.5 Å². The van der Waals surface area contributed by atoms with E-state index >= 15 is 0 Å². The molecule has 4 nitrogen and oxygen atoms in total. The van der Waals surface area contributed by atoms with E-state index < -0.39 is 5.91 Å².